The van der Waals surface area contributed by atoms with Gasteiger partial charge in [0.1, 0.15) is 5.58 Å². The molecule has 3 fully saturated rings. The Morgan fingerprint density at radius 2 is 2.08 bits per heavy atom. The number of nitrogens with one attached hydrogen (secondary N) is 3. The number of benzene rings is 1. The van der Waals surface area contributed by atoms with Gasteiger partial charge >= 0.3 is 0 Å². The molecule has 2 aromatic rings. The van der Waals surface area contributed by atoms with Gasteiger partial charge in [-0.2, -0.15) is 0 Å². The lowest BCUT2D eigenvalue weighted by Gasteiger charge is -2.26. The molecule has 3 atom stereocenters. The number of furan rings is 1. The van der Waals surface area contributed by atoms with E-state index >= 15 is 0 Å². The Bertz CT molecular complexity index is 796. The van der Waals surface area contributed by atoms with Crippen molar-refractivity contribution < 1.29 is 9.21 Å². The van der Waals surface area contributed by atoms with Gasteiger partial charge in [0.05, 0.1) is 0 Å². The van der Waals surface area contributed by atoms with Crippen LogP contribution in [0.4, 0.5) is 5.88 Å². The minimum absolute atomic E-state index is 0.00127. The van der Waals surface area contributed by atoms with Crippen molar-refractivity contribution in [1.29, 1.82) is 0 Å². The number of hydrogen-bond acceptors (Lipinski definition) is 5. The first-order valence-electron chi connectivity index (χ1n) is 9.32. The summed E-state index contributed by atoms with van der Waals surface area (Å²) in [7, 11) is 0. The average molecular weight is 340 g/mol. The van der Waals surface area contributed by atoms with Crippen LogP contribution in [0, 0.1) is 0 Å². The quantitative estimate of drug-likeness (QED) is 0.789. The first kappa shape index (κ1) is 15.2. The third-order valence-electron chi connectivity index (χ3n) is 5.81. The van der Waals surface area contributed by atoms with Crippen LogP contribution < -0.4 is 20.9 Å². The van der Waals surface area contributed by atoms with Crippen molar-refractivity contribution in [3.8, 4) is 0 Å². The number of rotatable bonds is 3. The molecule has 1 aromatic heterocycles. The molecule has 2 bridgehead atoms. The Morgan fingerprint density at radius 1 is 1.20 bits per heavy atom. The second-order valence-corrected chi connectivity index (χ2v) is 7.44. The molecule has 0 saturated carbocycles. The first-order valence-corrected chi connectivity index (χ1v) is 9.32. The van der Waals surface area contributed by atoms with E-state index in [2.05, 4.69) is 26.9 Å². The number of carbonyl (C=O) groups excluding carboxylic acids is 1. The molecule has 6 nitrogen and oxygen atoms in total. The Balaban J connectivity index is 1.34. The van der Waals surface area contributed by atoms with Gasteiger partial charge in [0.15, 0.2) is 5.88 Å². The lowest BCUT2D eigenvalue weighted by atomic mass is 9.95. The van der Waals surface area contributed by atoms with Crippen LogP contribution in [-0.4, -0.2) is 50.2 Å². The third-order valence-corrected chi connectivity index (χ3v) is 5.81. The molecule has 5 rings (SSSR count). The summed E-state index contributed by atoms with van der Waals surface area (Å²) >= 11 is 0. The van der Waals surface area contributed by atoms with E-state index in [-0.39, 0.29) is 11.9 Å². The molecule has 3 aliphatic heterocycles. The molecular weight excluding hydrogens is 316 g/mol. The van der Waals surface area contributed by atoms with Gasteiger partial charge in [0.2, 0.25) is 0 Å². The van der Waals surface area contributed by atoms with Gasteiger partial charge < -0.3 is 25.3 Å². The largest absolute Gasteiger partial charge is 0.441 e. The predicted octanol–water partition coefficient (Wildman–Crippen LogP) is 1.47. The number of amides is 1. The van der Waals surface area contributed by atoms with Crippen molar-refractivity contribution in [2.45, 2.75) is 37.4 Å². The van der Waals surface area contributed by atoms with E-state index in [4.69, 9.17) is 4.42 Å². The SMILES string of the molecule is O=C(N[C@@H]1C[C@H]2CC[C@@H]1N2)c1ccc2cc(N3CCNCC3)oc2c1. The predicted molar refractivity (Wildman–Crippen MR) is 97.1 cm³/mol. The topological polar surface area (TPSA) is 69.5 Å². The second kappa shape index (κ2) is 6.04. The third kappa shape index (κ3) is 2.79. The minimum Gasteiger partial charge on any atom is -0.441 e. The molecule has 0 aliphatic carbocycles. The van der Waals surface area contributed by atoms with Crippen molar-refractivity contribution in [3.63, 3.8) is 0 Å². The smallest absolute Gasteiger partial charge is 0.251 e. The molecule has 3 saturated heterocycles. The molecule has 0 unspecified atom stereocenters. The second-order valence-electron chi connectivity index (χ2n) is 7.44. The maximum Gasteiger partial charge on any atom is 0.251 e. The monoisotopic (exact) mass is 340 g/mol. The van der Waals surface area contributed by atoms with Crippen LogP contribution in [0.25, 0.3) is 11.0 Å². The van der Waals surface area contributed by atoms with Gasteiger partial charge in [-0.3, -0.25) is 4.79 Å². The van der Waals surface area contributed by atoms with Crippen molar-refractivity contribution >= 4 is 22.8 Å². The van der Waals surface area contributed by atoms with Gasteiger partial charge in [-0.15, -0.1) is 0 Å². The zero-order valence-electron chi connectivity index (χ0n) is 14.3. The van der Waals surface area contributed by atoms with Crippen molar-refractivity contribution in [2.75, 3.05) is 31.1 Å². The highest BCUT2D eigenvalue weighted by Crippen LogP contribution is 2.29. The van der Waals surface area contributed by atoms with E-state index in [9.17, 15) is 4.79 Å². The van der Waals surface area contributed by atoms with Gasteiger partial charge in [-0.25, -0.2) is 0 Å². The van der Waals surface area contributed by atoms with E-state index in [0.717, 1.165) is 49.5 Å². The van der Waals surface area contributed by atoms with Gasteiger partial charge in [-0.05, 0) is 31.4 Å². The fourth-order valence-corrected chi connectivity index (χ4v) is 4.43. The normalized spacial score (nSPS) is 28.6. The highest BCUT2D eigenvalue weighted by Gasteiger charge is 2.39. The minimum atomic E-state index is 0.00127. The summed E-state index contributed by atoms with van der Waals surface area (Å²) in [4.78, 5) is 14.9. The summed E-state index contributed by atoms with van der Waals surface area (Å²) in [6.45, 7) is 3.85. The number of nitrogens with zero attached hydrogens (tertiary/aromatic N) is 1. The summed E-state index contributed by atoms with van der Waals surface area (Å²) < 4.78 is 6.02. The molecule has 4 heterocycles. The Morgan fingerprint density at radius 3 is 2.84 bits per heavy atom. The van der Waals surface area contributed by atoms with Crippen LogP contribution in [0.2, 0.25) is 0 Å². The number of piperazine rings is 1. The standard InChI is InChI=1S/C19H24N4O2/c24-19(22-16-11-14-3-4-15(16)21-14)13-2-1-12-10-18(25-17(12)9-13)23-7-5-20-6-8-23/h1-2,9-10,14-16,20-21H,3-8,11H2,(H,22,24)/t14-,15+,16-/m1/s1. The average Bonchev–Trinajstić information content (AvgIpc) is 3.36. The van der Waals surface area contributed by atoms with E-state index in [1.807, 2.05) is 18.2 Å². The number of fused-ring (bicyclic) bond motifs is 3. The van der Waals surface area contributed by atoms with Crippen LogP contribution >= 0.6 is 0 Å². The molecule has 3 aliphatic rings. The summed E-state index contributed by atoms with van der Waals surface area (Å²) in [6, 6.07) is 9.12. The van der Waals surface area contributed by atoms with E-state index < -0.39 is 0 Å². The number of carbonyl (C=O) groups is 1. The van der Waals surface area contributed by atoms with E-state index in [1.165, 1.54) is 12.8 Å². The summed E-state index contributed by atoms with van der Waals surface area (Å²) in [5.41, 5.74) is 1.46. The molecule has 1 aromatic carbocycles. The van der Waals surface area contributed by atoms with Crippen LogP contribution in [0.5, 0.6) is 0 Å². The Labute approximate surface area is 146 Å². The van der Waals surface area contributed by atoms with E-state index in [0.29, 0.717) is 17.6 Å². The summed E-state index contributed by atoms with van der Waals surface area (Å²) in [6.07, 6.45) is 3.46. The molecule has 3 N–H and O–H groups in total. The molecule has 0 radical (unpaired) electrons. The molecule has 25 heavy (non-hydrogen) atoms. The van der Waals surface area contributed by atoms with Gasteiger partial charge in [0, 0.05) is 61.3 Å². The Hall–Kier alpha value is -2.05. The molecule has 1 amide bonds. The summed E-state index contributed by atoms with van der Waals surface area (Å²) in [5, 5.41) is 11.2. The highest BCUT2D eigenvalue weighted by atomic mass is 16.4. The number of anilines is 1. The molecule has 6 heteroatoms. The lowest BCUT2D eigenvalue weighted by molar-refractivity contribution is 0.0931. The summed E-state index contributed by atoms with van der Waals surface area (Å²) in [5.74, 6) is 0.896. The zero-order valence-corrected chi connectivity index (χ0v) is 14.3. The number of hydrogen-bond donors (Lipinski definition) is 3. The maximum absolute atomic E-state index is 12.6. The molecule has 132 valence electrons. The zero-order chi connectivity index (χ0) is 16.8. The van der Waals surface area contributed by atoms with Crippen molar-refractivity contribution in [3.05, 3.63) is 29.8 Å². The van der Waals surface area contributed by atoms with Gasteiger partial charge in [0.25, 0.3) is 5.91 Å². The van der Waals surface area contributed by atoms with Crippen molar-refractivity contribution in [1.82, 2.24) is 16.0 Å². The molecule has 0 spiro atoms. The maximum atomic E-state index is 12.6. The molecular formula is C19H24N4O2. The van der Waals surface area contributed by atoms with Crippen molar-refractivity contribution in [2.24, 2.45) is 0 Å². The fraction of sp³-hybridized carbons (Fsp3) is 0.526. The van der Waals surface area contributed by atoms with E-state index in [1.54, 1.807) is 0 Å². The lowest BCUT2D eigenvalue weighted by Crippen LogP contribution is -2.43. The Kier molecular flexibility index (Phi) is 3.68. The van der Waals surface area contributed by atoms with Crippen LogP contribution in [0.1, 0.15) is 29.6 Å². The van der Waals surface area contributed by atoms with Crippen LogP contribution in [-0.2, 0) is 0 Å². The highest BCUT2D eigenvalue weighted by molar-refractivity contribution is 5.98. The first-order chi connectivity index (χ1) is 12.3. The fourth-order valence-electron chi connectivity index (χ4n) is 4.43. The van der Waals surface area contributed by atoms with Crippen LogP contribution in [0.3, 0.4) is 0 Å². The van der Waals surface area contributed by atoms with Gasteiger partial charge in [-0.1, -0.05) is 6.07 Å². The van der Waals surface area contributed by atoms with Crippen LogP contribution in [0.15, 0.2) is 28.7 Å².